The molecule has 0 fully saturated rings. The molecule has 0 spiro atoms. The first-order valence-electron chi connectivity index (χ1n) is 8.06. The van der Waals surface area contributed by atoms with E-state index in [1.165, 1.54) is 11.1 Å². The quantitative estimate of drug-likeness (QED) is 0.841. The summed E-state index contributed by atoms with van der Waals surface area (Å²) in [4.78, 5) is 17.6. The molecule has 7 nitrogen and oxygen atoms in total. The largest absolute Gasteiger partial charge is 0.417 e. The number of aromatic nitrogens is 4. The van der Waals surface area contributed by atoms with E-state index >= 15 is 0 Å². The lowest BCUT2D eigenvalue weighted by Crippen LogP contribution is -2.34. The van der Waals surface area contributed by atoms with E-state index in [0.29, 0.717) is 25.1 Å². The van der Waals surface area contributed by atoms with Crippen LogP contribution >= 0.6 is 0 Å². The lowest BCUT2D eigenvalue weighted by molar-refractivity contribution is -0.137. The van der Waals surface area contributed by atoms with Gasteiger partial charge in [-0.2, -0.15) is 13.2 Å². The molecular formula is C16H21F3N6O. The number of nitrogens with zero attached hydrogens (tertiary/aromatic N) is 5. The molecule has 2 aromatic rings. The van der Waals surface area contributed by atoms with Crippen LogP contribution in [0.25, 0.3) is 5.82 Å². The molecule has 142 valence electrons. The fourth-order valence-electron chi connectivity index (χ4n) is 2.14. The highest BCUT2D eigenvalue weighted by atomic mass is 19.4. The predicted molar refractivity (Wildman–Crippen MR) is 88.5 cm³/mol. The van der Waals surface area contributed by atoms with Gasteiger partial charge in [0.05, 0.1) is 11.8 Å². The van der Waals surface area contributed by atoms with Crippen molar-refractivity contribution in [1.82, 2.24) is 24.9 Å². The van der Waals surface area contributed by atoms with Gasteiger partial charge < -0.3 is 10.6 Å². The van der Waals surface area contributed by atoms with Crippen LogP contribution in [0.3, 0.4) is 0 Å². The lowest BCUT2D eigenvalue weighted by Gasteiger charge is -2.20. The topological polar surface area (TPSA) is 89.9 Å². The summed E-state index contributed by atoms with van der Waals surface area (Å²) in [6.45, 7) is 4.48. The van der Waals surface area contributed by atoms with E-state index < -0.39 is 11.7 Å². The maximum Gasteiger partial charge on any atom is 0.417 e. The monoisotopic (exact) mass is 370 g/mol. The maximum atomic E-state index is 12.6. The Kier molecular flexibility index (Phi) is 5.96. The molecule has 2 rings (SSSR count). The Morgan fingerprint density at radius 3 is 2.58 bits per heavy atom. The van der Waals surface area contributed by atoms with Crippen LogP contribution in [0, 0.1) is 5.92 Å². The smallest absolute Gasteiger partial charge is 0.340 e. The average molecular weight is 370 g/mol. The van der Waals surface area contributed by atoms with Gasteiger partial charge >= 0.3 is 6.18 Å². The minimum absolute atomic E-state index is 0.0164. The number of nitrogens with two attached hydrogens (primary N) is 1. The summed E-state index contributed by atoms with van der Waals surface area (Å²) in [5, 5.41) is 7.53. The Bertz CT molecular complexity index is 741. The molecule has 0 bridgehead atoms. The highest BCUT2D eigenvalue weighted by molar-refractivity contribution is 5.91. The van der Waals surface area contributed by atoms with Crippen LogP contribution in [0.1, 0.15) is 36.3 Å². The van der Waals surface area contributed by atoms with Crippen LogP contribution in [-0.2, 0) is 6.18 Å². The van der Waals surface area contributed by atoms with E-state index in [2.05, 4.69) is 15.3 Å². The summed E-state index contributed by atoms with van der Waals surface area (Å²) in [7, 11) is 1.63. The molecule has 0 aliphatic rings. The fourth-order valence-corrected chi connectivity index (χ4v) is 2.14. The van der Waals surface area contributed by atoms with Crippen molar-refractivity contribution in [2.45, 2.75) is 32.5 Å². The molecule has 2 heterocycles. The van der Waals surface area contributed by atoms with E-state index in [1.54, 1.807) is 7.05 Å². The zero-order valence-electron chi connectivity index (χ0n) is 14.7. The Morgan fingerprint density at radius 1 is 1.35 bits per heavy atom. The number of alkyl halides is 3. The first kappa shape index (κ1) is 19.8. The molecule has 1 unspecified atom stereocenters. The number of pyridine rings is 1. The van der Waals surface area contributed by atoms with E-state index in [0.717, 1.165) is 16.8 Å². The minimum atomic E-state index is -4.46. The second-order valence-corrected chi connectivity index (χ2v) is 6.37. The number of amides is 1. The molecule has 0 saturated carbocycles. The van der Waals surface area contributed by atoms with Crippen LogP contribution < -0.4 is 5.73 Å². The van der Waals surface area contributed by atoms with Crippen molar-refractivity contribution < 1.29 is 18.0 Å². The molecule has 1 atom stereocenters. The molecule has 10 heteroatoms. The van der Waals surface area contributed by atoms with Crippen molar-refractivity contribution in [2.75, 3.05) is 13.6 Å². The molecule has 0 aliphatic carbocycles. The summed E-state index contributed by atoms with van der Waals surface area (Å²) in [5.74, 6) is 0.0956. The molecule has 0 aliphatic heterocycles. The van der Waals surface area contributed by atoms with Gasteiger partial charge in [-0.1, -0.05) is 19.1 Å². The Morgan fingerprint density at radius 2 is 2.04 bits per heavy atom. The first-order valence-corrected chi connectivity index (χ1v) is 8.06. The van der Waals surface area contributed by atoms with Gasteiger partial charge in [-0.15, -0.1) is 5.10 Å². The third-order valence-electron chi connectivity index (χ3n) is 4.02. The van der Waals surface area contributed by atoms with Gasteiger partial charge in [0.25, 0.3) is 5.91 Å². The normalized spacial score (nSPS) is 13.1. The number of halogens is 3. The minimum Gasteiger partial charge on any atom is -0.340 e. The second kappa shape index (κ2) is 7.81. The fraction of sp³-hybridized carbons (Fsp3) is 0.500. The summed E-state index contributed by atoms with van der Waals surface area (Å²) >= 11 is 0. The molecule has 0 aromatic carbocycles. The Hall–Kier alpha value is -2.49. The van der Waals surface area contributed by atoms with Gasteiger partial charge in [-0.05, 0) is 24.5 Å². The molecule has 1 amide bonds. The SMILES string of the molecule is CC(C)C(N)CCN(C)C(=O)c1cn(-c2ccc(C(F)(F)F)cn2)nn1. The van der Waals surface area contributed by atoms with Crippen molar-refractivity contribution in [2.24, 2.45) is 11.7 Å². The third-order valence-corrected chi connectivity index (χ3v) is 4.02. The van der Waals surface area contributed by atoms with E-state index in [4.69, 9.17) is 5.73 Å². The van der Waals surface area contributed by atoms with Crippen molar-refractivity contribution in [3.8, 4) is 5.82 Å². The molecule has 2 N–H and O–H groups in total. The summed E-state index contributed by atoms with van der Waals surface area (Å²) in [6, 6.07) is 2.04. The predicted octanol–water partition coefficient (Wildman–Crippen LogP) is 2.13. The van der Waals surface area contributed by atoms with Crippen LogP contribution in [-0.4, -0.2) is 50.4 Å². The van der Waals surface area contributed by atoms with Crippen LogP contribution in [0.4, 0.5) is 13.2 Å². The van der Waals surface area contributed by atoms with Crippen molar-refractivity contribution in [1.29, 1.82) is 0 Å². The summed E-state index contributed by atoms with van der Waals surface area (Å²) < 4.78 is 38.9. The molecule has 0 radical (unpaired) electrons. The van der Waals surface area contributed by atoms with Crippen molar-refractivity contribution in [3.05, 3.63) is 35.8 Å². The molecule has 26 heavy (non-hydrogen) atoms. The number of rotatable bonds is 6. The zero-order chi connectivity index (χ0) is 19.5. The highest BCUT2D eigenvalue weighted by Gasteiger charge is 2.30. The van der Waals surface area contributed by atoms with Crippen molar-refractivity contribution in [3.63, 3.8) is 0 Å². The molecular weight excluding hydrogens is 349 g/mol. The van der Waals surface area contributed by atoms with Crippen LogP contribution in [0.5, 0.6) is 0 Å². The lowest BCUT2D eigenvalue weighted by atomic mass is 10.0. The number of carbonyl (C=O) groups is 1. The third kappa shape index (κ3) is 4.78. The highest BCUT2D eigenvalue weighted by Crippen LogP contribution is 2.28. The summed E-state index contributed by atoms with van der Waals surface area (Å²) in [5.41, 5.74) is 5.18. The number of hydrogen-bond acceptors (Lipinski definition) is 5. The van der Waals surface area contributed by atoms with Gasteiger partial charge in [0, 0.05) is 25.8 Å². The van der Waals surface area contributed by atoms with Gasteiger partial charge in [0.15, 0.2) is 11.5 Å². The Labute approximate surface area is 149 Å². The van der Waals surface area contributed by atoms with E-state index in [9.17, 15) is 18.0 Å². The number of hydrogen-bond donors (Lipinski definition) is 1. The van der Waals surface area contributed by atoms with Gasteiger partial charge in [-0.25, -0.2) is 9.67 Å². The van der Waals surface area contributed by atoms with Gasteiger partial charge in [0.2, 0.25) is 0 Å². The Balaban J connectivity index is 2.05. The first-order chi connectivity index (χ1) is 12.1. The van der Waals surface area contributed by atoms with Crippen LogP contribution in [0.2, 0.25) is 0 Å². The average Bonchev–Trinajstić information content (AvgIpc) is 3.07. The number of carbonyl (C=O) groups excluding carboxylic acids is 1. The van der Waals surface area contributed by atoms with E-state index in [1.807, 2.05) is 13.8 Å². The standard InChI is InChI=1S/C16H21F3N6O/c1-10(2)12(20)6-7-24(3)15(26)13-9-25(23-22-13)14-5-4-11(8-21-14)16(17,18)19/h4-5,8-10,12H,6-7,20H2,1-3H3. The molecule has 2 aromatic heterocycles. The van der Waals surface area contributed by atoms with Crippen LogP contribution in [0.15, 0.2) is 24.5 Å². The van der Waals surface area contributed by atoms with Gasteiger partial charge in [-0.3, -0.25) is 4.79 Å². The maximum absolute atomic E-state index is 12.6. The summed E-state index contributed by atoms with van der Waals surface area (Å²) in [6.07, 6.45) is -1.78. The molecule has 0 saturated heterocycles. The van der Waals surface area contributed by atoms with Crippen molar-refractivity contribution >= 4 is 5.91 Å². The van der Waals surface area contributed by atoms with E-state index in [-0.39, 0.29) is 23.5 Å². The van der Waals surface area contributed by atoms with Gasteiger partial charge in [0.1, 0.15) is 0 Å². The zero-order valence-corrected chi connectivity index (χ0v) is 14.7. The second-order valence-electron chi connectivity index (χ2n) is 6.37.